The molecule has 0 saturated heterocycles. The van der Waals surface area contributed by atoms with Gasteiger partial charge in [-0.2, -0.15) is 0 Å². The molecule has 1 nitrogen and oxygen atoms in total. The fourth-order valence-electron chi connectivity index (χ4n) is 7.54. The molecule has 0 spiro atoms. The van der Waals surface area contributed by atoms with Crippen LogP contribution in [0.3, 0.4) is 0 Å². The summed E-state index contributed by atoms with van der Waals surface area (Å²) in [5, 5.41) is 9.71. The second kappa shape index (κ2) is 11.3. The Bertz CT molecular complexity index is 2680. The van der Waals surface area contributed by atoms with Crippen molar-refractivity contribution in [3.05, 3.63) is 175 Å². The molecule has 1 aromatic heterocycles. The summed E-state index contributed by atoms with van der Waals surface area (Å²) in [5.74, 6) is 0. The first-order valence-corrected chi connectivity index (χ1v) is 16.5. The van der Waals surface area contributed by atoms with Crippen LogP contribution in [-0.4, -0.2) is 0 Å². The first-order valence-electron chi connectivity index (χ1n) is 16.5. The van der Waals surface area contributed by atoms with E-state index in [0.717, 1.165) is 33.1 Å². The molecule has 1 heteroatoms. The largest absolute Gasteiger partial charge is 0.456 e. The molecule has 0 N–H and O–H groups in total. The highest BCUT2D eigenvalue weighted by Gasteiger charge is 2.20. The Morgan fingerprint density at radius 2 is 1.15 bits per heavy atom. The third kappa shape index (κ3) is 4.40. The van der Waals surface area contributed by atoms with Gasteiger partial charge in [0.25, 0.3) is 0 Å². The highest BCUT2D eigenvalue weighted by Crippen LogP contribution is 2.47. The van der Waals surface area contributed by atoms with Crippen LogP contribution in [-0.2, 0) is 0 Å². The van der Waals surface area contributed by atoms with Crippen molar-refractivity contribution in [2.45, 2.75) is 6.92 Å². The first-order chi connectivity index (χ1) is 23.7. The summed E-state index contributed by atoms with van der Waals surface area (Å²) >= 11 is 0. The van der Waals surface area contributed by atoms with E-state index in [1.54, 1.807) is 6.08 Å². The van der Waals surface area contributed by atoms with Gasteiger partial charge in [-0.3, -0.25) is 0 Å². The molecule has 0 aliphatic rings. The lowest BCUT2D eigenvalue weighted by Gasteiger charge is -2.19. The smallest absolute Gasteiger partial charge is 0.138 e. The van der Waals surface area contributed by atoms with Gasteiger partial charge in [-0.25, -0.2) is 0 Å². The Morgan fingerprint density at radius 3 is 1.85 bits per heavy atom. The van der Waals surface area contributed by atoms with Crippen LogP contribution in [0.4, 0.5) is 0 Å². The molecule has 0 amide bonds. The lowest BCUT2D eigenvalue weighted by Crippen LogP contribution is -1.92. The number of hydrogen-bond donors (Lipinski definition) is 0. The second-order valence-electron chi connectivity index (χ2n) is 12.5. The highest BCUT2D eigenvalue weighted by atomic mass is 16.3. The SMILES string of the molecule is C=C/C=C\c1ccc2c(oc3ccc(-c4c5ccccc5c(-c5cc(-c6ccccc6)cc6ccccc56)c5ccccc45)cc32)c1C. The van der Waals surface area contributed by atoms with Crippen molar-refractivity contribution in [3.8, 4) is 33.4 Å². The van der Waals surface area contributed by atoms with Gasteiger partial charge in [0.2, 0.25) is 0 Å². The van der Waals surface area contributed by atoms with E-state index >= 15 is 0 Å². The van der Waals surface area contributed by atoms with Gasteiger partial charge in [0.15, 0.2) is 0 Å². The van der Waals surface area contributed by atoms with Crippen molar-refractivity contribution in [1.82, 2.24) is 0 Å². The molecule has 0 aliphatic carbocycles. The molecule has 0 aliphatic heterocycles. The van der Waals surface area contributed by atoms with Gasteiger partial charge in [0.1, 0.15) is 11.2 Å². The Labute approximate surface area is 279 Å². The molecular weight excluding hydrogens is 581 g/mol. The first kappa shape index (κ1) is 28.1. The second-order valence-corrected chi connectivity index (χ2v) is 12.5. The average Bonchev–Trinajstić information content (AvgIpc) is 3.52. The zero-order chi connectivity index (χ0) is 32.2. The fraction of sp³-hybridized carbons (Fsp3) is 0.0213. The third-order valence-electron chi connectivity index (χ3n) is 9.80. The molecule has 9 rings (SSSR count). The van der Waals surface area contributed by atoms with E-state index in [1.165, 1.54) is 65.7 Å². The molecule has 0 saturated carbocycles. The summed E-state index contributed by atoms with van der Waals surface area (Å²) in [5.41, 5.74) is 11.5. The topological polar surface area (TPSA) is 13.1 Å². The van der Waals surface area contributed by atoms with Gasteiger partial charge in [-0.05, 0) is 114 Å². The molecule has 1 heterocycles. The maximum absolute atomic E-state index is 6.48. The lowest BCUT2D eigenvalue weighted by atomic mass is 9.83. The summed E-state index contributed by atoms with van der Waals surface area (Å²) in [7, 11) is 0. The van der Waals surface area contributed by atoms with Crippen LogP contribution in [0.15, 0.2) is 169 Å². The van der Waals surface area contributed by atoms with E-state index in [-0.39, 0.29) is 0 Å². The van der Waals surface area contributed by atoms with Crippen molar-refractivity contribution in [1.29, 1.82) is 0 Å². The molecule has 8 aromatic carbocycles. The Kier molecular flexibility index (Phi) is 6.59. The minimum atomic E-state index is 0.899. The summed E-state index contributed by atoms with van der Waals surface area (Å²) in [6.45, 7) is 5.96. The predicted molar refractivity (Wildman–Crippen MR) is 207 cm³/mol. The zero-order valence-corrected chi connectivity index (χ0v) is 26.7. The van der Waals surface area contributed by atoms with Crippen molar-refractivity contribution in [2.75, 3.05) is 0 Å². The third-order valence-corrected chi connectivity index (χ3v) is 9.80. The molecule has 0 unspecified atom stereocenters. The Morgan fingerprint density at radius 1 is 0.500 bits per heavy atom. The van der Waals surface area contributed by atoms with Crippen molar-refractivity contribution < 1.29 is 4.42 Å². The minimum Gasteiger partial charge on any atom is -0.456 e. The number of hydrogen-bond acceptors (Lipinski definition) is 1. The maximum atomic E-state index is 6.48. The molecular formula is C47H32O. The Balaban J connectivity index is 1.34. The fourth-order valence-corrected chi connectivity index (χ4v) is 7.54. The van der Waals surface area contributed by atoms with Gasteiger partial charge < -0.3 is 4.42 Å². The number of fused-ring (bicyclic) bond motifs is 6. The normalized spacial score (nSPS) is 11.9. The van der Waals surface area contributed by atoms with Gasteiger partial charge in [0.05, 0.1) is 0 Å². The Hall–Kier alpha value is -6.18. The van der Waals surface area contributed by atoms with E-state index in [4.69, 9.17) is 4.42 Å². The monoisotopic (exact) mass is 612 g/mol. The zero-order valence-electron chi connectivity index (χ0n) is 26.7. The molecule has 0 atom stereocenters. The van der Waals surface area contributed by atoms with Gasteiger partial charge in [-0.1, -0.05) is 140 Å². The number of rotatable bonds is 5. The molecule has 9 aromatic rings. The number of benzene rings is 8. The van der Waals surface area contributed by atoms with Crippen LogP contribution in [0, 0.1) is 6.92 Å². The van der Waals surface area contributed by atoms with E-state index in [9.17, 15) is 0 Å². The molecule has 0 radical (unpaired) electrons. The van der Waals surface area contributed by atoms with E-state index in [2.05, 4.69) is 165 Å². The standard InChI is InChI=1S/C47H32O/c1-3-4-14-31-23-25-41-42-28-34(24-26-44(42)48-47(41)30(31)2)45-37-19-10-12-21-39(37)46(40-22-13-11-20-38(40)45)43-29-35(32-15-6-5-7-16-32)27-33-17-8-9-18-36(33)43/h3-29H,1H2,2H3/b14-4-. The van der Waals surface area contributed by atoms with Gasteiger partial charge in [-0.15, -0.1) is 0 Å². The van der Waals surface area contributed by atoms with Crippen molar-refractivity contribution >= 4 is 60.3 Å². The molecule has 226 valence electrons. The van der Waals surface area contributed by atoms with Gasteiger partial charge in [0, 0.05) is 10.8 Å². The average molecular weight is 613 g/mol. The predicted octanol–water partition coefficient (Wildman–Crippen LogP) is 13.6. The summed E-state index contributed by atoms with van der Waals surface area (Å²) < 4.78 is 6.48. The highest BCUT2D eigenvalue weighted by molar-refractivity contribution is 6.24. The van der Waals surface area contributed by atoms with E-state index < -0.39 is 0 Å². The minimum absolute atomic E-state index is 0.899. The van der Waals surface area contributed by atoms with Crippen LogP contribution in [0.5, 0.6) is 0 Å². The molecule has 48 heavy (non-hydrogen) atoms. The number of allylic oxidation sites excluding steroid dienone is 2. The van der Waals surface area contributed by atoms with Crippen LogP contribution in [0.2, 0.25) is 0 Å². The van der Waals surface area contributed by atoms with E-state index in [0.29, 0.717) is 0 Å². The number of aryl methyl sites for hydroxylation is 1. The van der Waals surface area contributed by atoms with Crippen LogP contribution < -0.4 is 0 Å². The van der Waals surface area contributed by atoms with Crippen LogP contribution in [0.1, 0.15) is 11.1 Å². The maximum Gasteiger partial charge on any atom is 0.138 e. The lowest BCUT2D eigenvalue weighted by molar-refractivity contribution is 0.665. The number of furan rings is 1. The molecule has 0 fully saturated rings. The summed E-state index contributed by atoms with van der Waals surface area (Å²) in [6, 6.07) is 53.0. The van der Waals surface area contributed by atoms with Crippen molar-refractivity contribution in [3.63, 3.8) is 0 Å². The van der Waals surface area contributed by atoms with Crippen LogP contribution >= 0.6 is 0 Å². The van der Waals surface area contributed by atoms with Crippen molar-refractivity contribution in [2.24, 2.45) is 0 Å². The van der Waals surface area contributed by atoms with E-state index in [1.807, 2.05) is 6.08 Å². The van der Waals surface area contributed by atoms with Crippen LogP contribution in [0.25, 0.3) is 93.7 Å². The molecule has 0 bridgehead atoms. The quantitative estimate of drug-likeness (QED) is 0.139. The summed E-state index contributed by atoms with van der Waals surface area (Å²) in [6.07, 6.45) is 5.85. The van der Waals surface area contributed by atoms with Gasteiger partial charge >= 0.3 is 0 Å². The summed E-state index contributed by atoms with van der Waals surface area (Å²) in [4.78, 5) is 0.